The zero-order chi connectivity index (χ0) is 15.8. The van der Waals surface area contributed by atoms with Gasteiger partial charge in [-0.05, 0) is 36.5 Å². The summed E-state index contributed by atoms with van der Waals surface area (Å²) in [7, 11) is 0. The number of alkyl halides is 3. The fourth-order valence-electron chi connectivity index (χ4n) is 3.03. The van der Waals surface area contributed by atoms with Crippen LogP contribution in [0.1, 0.15) is 36.2 Å². The molecule has 1 aromatic rings. The van der Waals surface area contributed by atoms with E-state index in [4.69, 9.17) is 5.11 Å². The Bertz CT molecular complexity index is 532. The van der Waals surface area contributed by atoms with Gasteiger partial charge in [-0.2, -0.15) is 13.2 Å². The number of benzene rings is 1. The molecule has 2 atom stereocenters. The van der Waals surface area contributed by atoms with Crippen molar-refractivity contribution >= 4 is 11.7 Å². The van der Waals surface area contributed by atoms with Crippen LogP contribution in [0.5, 0.6) is 0 Å². The van der Waals surface area contributed by atoms with Gasteiger partial charge in [-0.3, -0.25) is 0 Å². The molecule has 1 saturated heterocycles. The lowest BCUT2D eigenvalue weighted by Gasteiger charge is -2.37. The zero-order valence-corrected chi connectivity index (χ0v) is 11.9. The van der Waals surface area contributed by atoms with Gasteiger partial charge in [0.05, 0.1) is 11.1 Å². The van der Waals surface area contributed by atoms with Crippen LogP contribution in [0.3, 0.4) is 0 Å². The van der Waals surface area contributed by atoms with Gasteiger partial charge >= 0.3 is 12.1 Å². The lowest BCUT2D eigenvalue weighted by Crippen LogP contribution is -2.39. The molecule has 0 unspecified atom stereocenters. The van der Waals surface area contributed by atoms with Crippen LogP contribution in [0.2, 0.25) is 0 Å². The van der Waals surface area contributed by atoms with Crippen LogP contribution in [0.25, 0.3) is 0 Å². The summed E-state index contributed by atoms with van der Waals surface area (Å²) in [6.45, 7) is 5.14. The first kappa shape index (κ1) is 15.7. The van der Waals surface area contributed by atoms with Crippen molar-refractivity contribution in [3.8, 4) is 0 Å². The minimum absolute atomic E-state index is 0.0749. The second kappa shape index (κ2) is 5.58. The Morgan fingerprint density at radius 2 is 1.81 bits per heavy atom. The van der Waals surface area contributed by atoms with Crippen LogP contribution in [0, 0.1) is 11.8 Å². The van der Waals surface area contributed by atoms with Gasteiger partial charge in [-0.25, -0.2) is 4.79 Å². The van der Waals surface area contributed by atoms with Crippen molar-refractivity contribution in [3.05, 3.63) is 29.3 Å². The van der Waals surface area contributed by atoms with Crippen LogP contribution in [0.4, 0.5) is 18.9 Å². The van der Waals surface area contributed by atoms with Crippen molar-refractivity contribution in [2.45, 2.75) is 26.4 Å². The number of hydrogen-bond acceptors (Lipinski definition) is 2. The predicted octanol–water partition coefficient (Wildman–Crippen LogP) is 3.89. The maximum Gasteiger partial charge on any atom is 0.418 e. The number of carboxylic acid groups (broad SMARTS) is 1. The maximum atomic E-state index is 13.2. The lowest BCUT2D eigenvalue weighted by molar-refractivity contribution is -0.137. The molecule has 0 amide bonds. The fourth-order valence-corrected chi connectivity index (χ4v) is 3.03. The van der Waals surface area contributed by atoms with E-state index in [9.17, 15) is 18.0 Å². The maximum absolute atomic E-state index is 13.2. The number of carbonyl (C=O) groups is 1. The number of rotatable bonds is 2. The number of anilines is 1. The highest BCUT2D eigenvalue weighted by Crippen LogP contribution is 2.39. The zero-order valence-electron chi connectivity index (χ0n) is 11.9. The summed E-state index contributed by atoms with van der Waals surface area (Å²) in [5.74, 6) is -0.726. The Morgan fingerprint density at radius 1 is 1.24 bits per heavy atom. The highest BCUT2D eigenvalue weighted by Gasteiger charge is 2.36. The molecule has 1 N–H and O–H groups in total. The van der Waals surface area contributed by atoms with Crippen molar-refractivity contribution < 1.29 is 23.1 Å². The third-order valence-corrected chi connectivity index (χ3v) is 3.76. The van der Waals surface area contributed by atoms with Crippen molar-refractivity contribution in [2.24, 2.45) is 11.8 Å². The van der Waals surface area contributed by atoms with E-state index in [0.29, 0.717) is 24.9 Å². The molecule has 21 heavy (non-hydrogen) atoms. The van der Waals surface area contributed by atoms with E-state index in [2.05, 4.69) is 0 Å². The van der Waals surface area contributed by atoms with Crippen LogP contribution in [0.15, 0.2) is 18.2 Å². The van der Waals surface area contributed by atoms with Gasteiger partial charge in [0.1, 0.15) is 0 Å². The van der Waals surface area contributed by atoms with Gasteiger partial charge in [-0.1, -0.05) is 13.8 Å². The summed E-state index contributed by atoms with van der Waals surface area (Å²) >= 11 is 0. The molecule has 1 fully saturated rings. The SMILES string of the molecule is C[C@@H]1C[C@H](C)CN(c2ccc(C(=O)O)cc2C(F)(F)F)C1. The molecule has 0 aromatic heterocycles. The number of halogens is 3. The average Bonchev–Trinajstić information content (AvgIpc) is 2.35. The summed E-state index contributed by atoms with van der Waals surface area (Å²) in [5.41, 5.74) is -1.14. The molecule has 1 aromatic carbocycles. The Labute approximate surface area is 121 Å². The predicted molar refractivity (Wildman–Crippen MR) is 73.6 cm³/mol. The van der Waals surface area contributed by atoms with Gasteiger partial charge in [-0.15, -0.1) is 0 Å². The number of aromatic carboxylic acids is 1. The minimum atomic E-state index is -4.56. The molecule has 0 radical (unpaired) electrons. The average molecular weight is 301 g/mol. The Kier molecular flexibility index (Phi) is 4.16. The number of hydrogen-bond donors (Lipinski definition) is 1. The van der Waals surface area contributed by atoms with Crippen LogP contribution >= 0.6 is 0 Å². The Hall–Kier alpha value is -1.72. The summed E-state index contributed by atoms with van der Waals surface area (Å²) < 4.78 is 39.7. The second-order valence-corrected chi connectivity index (χ2v) is 5.89. The monoisotopic (exact) mass is 301 g/mol. The number of piperidine rings is 1. The quantitative estimate of drug-likeness (QED) is 0.901. The molecule has 3 nitrogen and oxygen atoms in total. The van der Waals surface area contributed by atoms with E-state index in [-0.39, 0.29) is 11.3 Å². The highest BCUT2D eigenvalue weighted by atomic mass is 19.4. The first-order valence-electron chi connectivity index (χ1n) is 6.88. The van der Waals surface area contributed by atoms with Crippen LogP contribution < -0.4 is 4.90 Å². The van der Waals surface area contributed by atoms with Gasteiger partial charge in [0.15, 0.2) is 0 Å². The Morgan fingerprint density at radius 3 is 2.29 bits per heavy atom. The van der Waals surface area contributed by atoms with Crippen LogP contribution in [-0.4, -0.2) is 24.2 Å². The van der Waals surface area contributed by atoms with Crippen molar-refractivity contribution in [2.75, 3.05) is 18.0 Å². The topological polar surface area (TPSA) is 40.5 Å². The van der Waals surface area contributed by atoms with Crippen LogP contribution in [-0.2, 0) is 6.18 Å². The molecule has 0 bridgehead atoms. The van der Waals surface area contributed by atoms with Gasteiger partial charge in [0.25, 0.3) is 0 Å². The smallest absolute Gasteiger partial charge is 0.418 e. The molecule has 0 saturated carbocycles. The summed E-state index contributed by atoms with van der Waals surface area (Å²) in [5, 5.41) is 8.88. The van der Waals surface area contributed by atoms with Crippen molar-refractivity contribution in [3.63, 3.8) is 0 Å². The summed E-state index contributed by atoms with van der Waals surface area (Å²) in [4.78, 5) is 12.6. The molecule has 0 aliphatic carbocycles. The Balaban J connectivity index is 2.45. The fraction of sp³-hybridized carbons (Fsp3) is 0.533. The largest absolute Gasteiger partial charge is 0.478 e. The lowest BCUT2D eigenvalue weighted by atomic mass is 9.91. The van der Waals surface area contributed by atoms with E-state index >= 15 is 0 Å². The molecule has 116 valence electrons. The molecule has 1 aliphatic rings. The van der Waals surface area contributed by atoms with E-state index < -0.39 is 17.7 Å². The third kappa shape index (κ3) is 3.49. The van der Waals surface area contributed by atoms with E-state index in [1.807, 2.05) is 13.8 Å². The van der Waals surface area contributed by atoms with E-state index in [1.165, 1.54) is 12.1 Å². The number of nitrogens with zero attached hydrogens (tertiary/aromatic N) is 1. The van der Waals surface area contributed by atoms with E-state index in [0.717, 1.165) is 12.5 Å². The molecule has 6 heteroatoms. The first-order valence-corrected chi connectivity index (χ1v) is 6.88. The van der Waals surface area contributed by atoms with Gasteiger partial charge in [0.2, 0.25) is 0 Å². The molecule has 1 aliphatic heterocycles. The molecular formula is C15H18F3NO2. The van der Waals surface area contributed by atoms with Gasteiger partial charge in [0, 0.05) is 18.8 Å². The van der Waals surface area contributed by atoms with Crippen molar-refractivity contribution in [1.29, 1.82) is 0 Å². The first-order chi connectivity index (χ1) is 9.68. The molecular weight excluding hydrogens is 283 g/mol. The molecule has 1 heterocycles. The summed E-state index contributed by atoms with van der Waals surface area (Å²) in [6.07, 6.45) is -3.57. The molecule has 0 spiro atoms. The third-order valence-electron chi connectivity index (χ3n) is 3.76. The van der Waals surface area contributed by atoms with Gasteiger partial charge < -0.3 is 10.0 Å². The molecule has 2 rings (SSSR count). The van der Waals surface area contributed by atoms with E-state index in [1.54, 1.807) is 4.90 Å². The normalized spacial score (nSPS) is 23.2. The highest BCUT2D eigenvalue weighted by molar-refractivity contribution is 5.88. The standard InChI is InChI=1S/C15H18F3NO2/c1-9-5-10(2)8-19(7-9)13-4-3-11(14(20)21)6-12(13)15(16,17)18/h3-4,6,9-10H,5,7-8H2,1-2H3,(H,20,21)/t9-,10+. The van der Waals surface area contributed by atoms with Crippen molar-refractivity contribution in [1.82, 2.24) is 0 Å². The second-order valence-electron chi connectivity index (χ2n) is 5.89. The number of carboxylic acids is 1. The minimum Gasteiger partial charge on any atom is -0.478 e. The summed E-state index contributed by atoms with van der Waals surface area (Å²) in [6, 6.07) is 3.23.